The van der Waals surface area contributed by atoms with Gasteiger partial charge in [-0.1, -0.05) is 6.42 Å². The van der Waals surface area contributed by atoms with E-state index in [9.17, 15) is 13.2 Å². The highest BCUT2D eigenvalue weighted by molar-refractivity contribution is 7.89. The van der Waals surface area contributed by atoms with Gasteiger partial charge in [-0.05, 0) is 76.9 Å². The van der Waals surface area contributed by atoms with Crippen molar-refractivity contribution in [2.45, 2.75) is 63.3 Å². The van der Waals surface area contributed by atoms with Crippen molar-refractivity contribution in [3.63, 3.8) is 0 Å². The quantitative estimate of drug-likeness (QED) is 0.503. The topological polar surface area (TPSA) is 87.7 Å². The van der Waals surface area contributed by atoms with Gasteiger partial charge < -0.3 is 15.0 Å². The third kappa shape index (κ3) is 8.32. The van der Waals surface area contributed by atoms with Gasteiger partial charge in [0.15, 0.2) is 0 Å². The summed E-state index contributed by atoms with van der Waals surface area (Å²) in [5, 5.41) is 2.87. The molecule has 0 aromatic heterocycles. The molecule has 2 N–H and O–H groups in total. The van der Waals surface area contributed by atoms with Gasteiger partial charge in [-0.3, -0.25) is 4.79 Å². The Bertz CT molecular complexity index is 722. The normalized spacial score (nSPS) is 17.8. The van der Waals surface area contributed by atoms with E-state index < -0.39 is 10.0 Å². The minimum Gasteiger partial charge on any atom is -0.494 e. The average Bonchev–Trinajstić information content (AvgIpc) is 2.69. The second kappa shape index (κ2) is 12.1. The molecule has 0 saturated carbocycles. The molecule has 164 valence electrons. The molecule has 1 aromatic carbocycles. The molecule has 7 nitrogen and oxygen atoms in total. The van der Waals surface area contributed by atoms with Gasteiger partial charge in [0.05, 0.1) is 11.5 Å². The standard InChI is InChI=1S/C21H35N3O4S/c1-3-28-19-9-11-20(12-10-19)29(26,27)23-15-13-21(25)22-14-5-7-17-24-16-6-4-8-18(24)2/h9-12,18,23H,3-8,13-17H2,1-2H3,(H,22,25). The van der Waals surface area contributed by atoms with E-state index in [4.69, 9.17) is 4.74 Å². The lowest BCUT2D eigenvalue weighted by atomic mass is 10.0. The van der Waals surface area contributed by atoms with E-state index in [0.29, 0.717) is 24.9 Å². The largest absolute Gasteiger partial charge is 0.494 e. The molecule has 1 unspecified atom stereocenters. The first-order valence-electron chi connectivity index (χ1n) is 10.7. The summed E-state index contributed by atoms with van der Waals surface area (Å²) in [6, 6.07) is 6.90. The van der Waals surface area contributed by atoms with Crippen molar-refractivity contribution in [2.75, 3.05) is 32.8 Å². The van der Waals surface area contributed by atoms with Crippen LogP contribution >= 0.6 is 0 Å². The van der Waals surface area contributed by atoms with Crippen LogP contribution in [0.1, 0.15) is 52.4 Å². The van der Waals surface area contributed by atoms with Gasteiger partial charge in [0.2, 0.25) is 15.9 Å². The van der Waals surface area contributed by atoms with Crippen LogP contribution in [0.25, 0.3) is 0 Å². The Labute approximate surface area is 175 Å². The van der Waals surface area contributed by atoms with Gasteiger partial charge in [-0.15, -0.1) is 0 Å². The number of carbonyl (C=O) groups is 1. The van der Waals surface area contributed by atoms with Crippen LogP contribution in [0.15, 0.2) is 29.2 Å². The molecule has 29 heavy (non-hydrogen) atoms. The van der Waals surface area contributed by atoms with E-state index in [1.54, 1.807) is 12.1 Å². The number of carbonyl (C=O) groups excluding carboxylic acids is 1. The molecule has 8 heteroatoms. The minimum atomic E-state index is -3.63. The fourth-order valence-electron chi connectivity index (χ4n) is 3.51. The monoisotopic (exact) mass is 425 g/mol. The maximum Gasteiger partial charge on any atom is 0.240 e. The van der Waals surface area contributed by atoms with E-state index >= 15 is 0 Å². The van der Waals surface area contributed by atoms with Crippen LogP contribution in [0, 0.1) is 0 Å². The Morgan fingerprint density at radius 1 is 1.17 bits per heavy atom. The van der Waals surface area contributed by atoms with Crippen LogP contribution in [0.5, 0.6) is 5.75 Å². The highest BCUT2D eigenvalue weighted by atomic mass is 32.2. The maximum absolute atomic E-state index is 12.3. The van der Waals surface area contributed by atoms with Crippen molar-refractivity contribution in [2.24, 2.45) is 0 Å². The molecule has 2 rings (SSSR count). The van der Waals surface area contributed by atoms with Crippen LogP contribution in [-0.4, -0.2) is 58.1 Å². The molecule has 1 saturated heterocycles. The molecule has 1 amide bonds. The number of hydrogen-bond donors (Lipinski definition) is 2. The smallest absolute Gasteiger partial charge is 0.240 e. The van der Waals surface area contributed by atoms with Gasteiger partial charge in [0.25, 0.3) is 0 Å². The molecule has 0 bridgehead atoms. The number of nitrogens with one attached hydrogen (secondary N) is 2. The zero-order valence-electron chi connectivity index (χ0n) is 17.7. The Kier molecular flexibility index (Phi) is 9.90. The fourth-order valence-corrected chi connectivity index (χ4v) is 4.54. The first-order chi connectivity index (χ1) is 13.9. The summed E-state index contributed by atoms with van der Waals surface area (Å²) in [5.41, 5.74) is 0. The highest BCUT2D eigenvalue weighted by Gasteiger charge is 2.17. The molecular weight excluding hydrogens is 390 g/mol. The summed E-state index contributed by atoms with van der Waals surface area (Å²) < 4.78 is 32.3. The van der Waals surface area contributed by atoms with Crippen molar-refractivity contribution < 1.29 is 17.9 Å². The fraction of sp³-hybridized carbons (Fsp3) is 0.667. The number of amides is 1. The summed E-state index contributed by atoms with van der Waals surface area (Å²) in [4.78, 5) is 14.6. The van der Waals surface area contributed by atoms with E-state index in [-0.39, 0.29) is 23.8 Å². The molecule has 0 radical (unpaired) electrons. The number of hydrogen-bond acceptors (Lipinski definition) is 5. The first kappa shape index (κ1) is 23.6. The van der Waals surface area contributed by atoms with Crippen molar-refractivity contribution in [3.8, 4) is 5.75 Å². The van der Waals surface area contributed by atoms with Crippen LogP contribution in [0.2, 0.25) is 0 Å². The molecule has 1 aromatic rings. The van der Waals surface area contributed by atoms with Crippen molar-refractivity contribution in [1.29, 1.82) is 0 Å². The first-order valence-corrected chi connectivity index (χ1v) is 12.1. The van der Waals surface area contributed by atoms with E-state index in [0.717, 1.165) is 19.4 Å². The number of sulfonamides is 1. The summed E-state index contributed by atoms with van der Waals surface area (Å²) in [5.74, 6) is 0.492. The Morgan fingerprint density at radius 3 is 2.62 bits per heavy atom. The summed E-state index contributed by atoms with van der Waals surface area (Å²) in [7, 11) is -3.63. The van der Waals surface area contributed by atoms with E-state index in [2.05, 4.69) is 21.9 Å². The third-order valence-electron chi connectivity index (χ3n) is 5.22. The van der Waals surface area contributed by atoms with Crippen LogP contribution in [-0.2, 0) is 14.8 Å². The summed E-state index contributed by atoms with van der Waals surface area (Å²) in [6.07, 6.45) is 6.02. The molecular formula is C21H35N3O4S. The van der Waals surface area contributed by atoms with Gasteiger partial charge in [0.1, 0.15) is 5.75 Å². The van der Waals surface area contributed by atoms with Crippen molar-refractivity contribution in [3.05, 3.63) is 24.3 Å². The molecule has 1 aliphatic heterocycles. The van der Waals surface area contributed by atoms with Crippen LogP contribution in [0.4, 0.5) is 0 Å². The Hall–Kier alpha value is -1.64. The van der Waals surface area contributed by atoms with E-state index in [1.165, 1.54) is 37.9 Å². The van der Waals surface area contributed by atoms with Gasteiger partial charge >= 0.3 is 0 Å². The third-order valence-corrected chi connectivity index (χ3v) is 6.70. The summed E-state index contributed by atoms with van der Waals surface area (Å²) >= 11 is 0. The predicted octanol–water partition coefficient (Wildman–Crippen LogP) is 2.52. The Morgan fingerprint density at radius 2 is 1.93 bits per heavy atom. The van der Waals surface area contributed by atoms with Gasteiger partial charge in [-0.25, -0.2) is 13.1 Å². The number of benzene rings is 1. The minimum absolute atomic E-state index is 0.0761. The average molecular weight is 426 g/mol. The predicted molar refractivity (Wildman–Crippen MR) is 115 cm³/mol. The number of piperidine rings is 1. The van der Waals surface area contributed by atoms with Crippen LogP contribution in [0.3, 0.4) is 0 Å². The zero-order chi connectivity index (χ0) is 21.1. The molecule has 1 heterocycles. The SMILES string of the molecule is CCOc1ccc(S(=O)(=O)NCCC(=O)NCCCCN2CCCCC2C)cc1. The number of nitrogens with zero attached hydrogens (tertiary/aromatic N) is 1. The van der Waals surface area contributed by atoms with E-state index in [1.807, 2.05) is 6.92 Å². The number of ether oxygens (including phenoxy) is 1. The van der Waals surface area contributed by atoms with Crippen LogP contribution < -0.4 is 14.8 Å². The number of likely N-dealkylation sites (tertiary alicyclic amines) is 1. The second-order valence-electron chi connectivity index (χ2n) is 7.49. The van der Waals surface area contributed by atoms with Gasteiger partial charge in [0, 0.05) is 25.6 Å². The lowest BCUT2D eigenvalue weighted by molar-refractivity contribution is -0.120. The lowest BCUT2D eigenvalue weighted by Gasteiger charge is -2.33. The van der Waals surface area contributed by atoms with Crippen molar-refractivity contribution in [1.82, 2.24) is 14.9 Å². The highest BCUT2D eigenvalue weighted by Crippen LogP contribution is 2.17. The molecule has 1 aliphatic rings. The second-order valence-corrected chi connectivity index (χ2v) is 9.26. The molecule has 0 aliphatic carbocycles. The lowest BCUT2D eigenvalue weighted by Crippen LogP contribution is -2.38. The Balaban J connectivity index is 1.59. The number of unbranched alkanes of at least 4 members (excludes halogenated alkanes) is 1. The maximum atomic E-state index is 12.3. The molecule has 1 atom stereocenters. The summed E-state index contributed by atoms with van der Waals surface area (Å²) in [6.45, 7) is 7.65. The van der Waals surface area contributed by atoms with Crippen molar-refractivity contribution >= 4 is 15.9 Å². The zero-order valence-corrected chi connectivity index (χ0v) is 18.5. The molecule has 0 spiro atoms. The number of rotatable bonds is 12. The van der Waals surface area contributed by atoms with Gasteiger partial charge in [-0.2, -0.15) is 0 Å². The molecule has 1 fully saturated rings.